The summed E-state index contributed by atoms with van der Waals surface area (Å²) in [6.07, 6.45) is 7.93. The quantitative estimate of drug-likeness (QED) is 0.886. The maximum absolute atomic E-state index is 12.3. The van der Waals surface area contributed by atoms with E-state index in [-0.39, 0.29) is 11.9 Å². The number of pyridine rings is 1. The Morgan fingerprint density at radius 1 is 1.04 bits per heavy atom. The van der Waals surface area contributed by atoms with E-state index in [0.29, 0.717) is 5.56 Å². The van der Waals surface area contributed by atoms with Gasteiger partial charge in [0.05, 0.1) is 5.56 Å². The third-order valence-electron chi connectivity index (χ3n) is 5.66. The lowest BCUT2D eigenvalue weighted by Crippen LogP contribution is -2.44. The molecule has 1 aromatic heterocycles. The molecule has 2 aliphatic heterocycles. The highest BCUT2D eigenvalue weighted by atomic mass is 16.1. The molecule has 0 saturated carbocycles. The normalized spacial score (nSPS) is 18.6. The monoisotopic (exact) mass is 364 g/mol. The van der Waals surface area contributed by atoms with Crippen LogP contribution >= 0.6 is 0 Å². The maximum Gasteiger partial charge on any atom is 0.253 e. The lowest BCUT2D eigenvalue weighted by Gasteiger charge is -2.32. The Kier molecular flexibility index (Phi) is 5.68. The third-order valence-corrected chi connectivity index (χ3v) is 5.66. The van der Waals surface area contributed by atoms with Crippen molar-refractivity contribution in [3.8, 4) is 0 Å². The van der Waals surface area contributed by atoms with E-state index in [1.54, 1.807) is 18.5 Å². The Morgan fingerprint density at radius 3 is 2.44 bits per heavy atom. The average Bonchev–Trinajstić information content (AvgIpc) is 3.26. The van der Waals surface area contributed by atoms with Crippen molar-refractivity contribution in [1.29, 1.82) is 0 Å². The molecule has 0 spiro atoms. The Labute approximate surface area is 161 Å². The summed E-state index contributed by atoms with van der Waals surface area (Å²) in [6.45, 7) is 5.41. The molecule has 2 saturated heterocycles. The van der Waals surface area contributed by atoms with E-state index in [0.717, 1.165) is 32.5 Å². The first kappa shape index (κ1) is 18.0. The molecule has 1 amide bonds. The molecular weight excluding hydrogens is 336 g/mol. The second-order valence-corrected chi connectivity index (χ2v) is 7.63. The van der Waals surface area contributed by atoms with Crippen molar-refractivity contribution in [2.75, 3.05) is 31.1 Å². The van der Waals surface area contributed by atoms with Crippen LogP contribution in [0.4, 0.5) is 5.69 Å². The van der Waals surface area contributed by atoms with Gasteiger partial charge in [-0.25, -0.2) is 0 Å². The maximum atomic E-state index is 12.3. The molecule has 0 atom stereocenters. The lowest BCUT2D eigenvalue weighted by atomic mass is 10.0. The molecule has 0 bridgehead atoms. The number of rotatable bonds is 5. The number of carbonyl (C=O) groups is 1. The van der Waals surface area contributed by atoms with Gasteiger partial charge in [-0.2, -0.15) is 0 Å². The summed E-state index contributed by atoms with van der Waals surface area (Å²) in [7, 11) is 0. The van der Waals surface area contributed by atoms with Gasteiger partial charge in [-0.05, 0) is 55.5 Å². The number of piperidine rings is 1. The molecule has 0 radical (unpaired) electrons. The highest BCUT2D eigenvalue weighted by Gasteiger charge is 2.21. The summed E-state index contributed by atoms with van der Waals surface area (Å²) in [5.74, 6) is -0.0148. The Morgan fingerprint density at radius 2 is 1.78 bits per heavy atom. The first-order chi connectivity index (χ1) is 13.3. The number of aromatic nitrogens is 1. The van der Waals surface area contributed by atoms with Crippen molar-refractivity contribution in [2.45, 2.75) is 38.3 Å². The van der Waals surface area contributed by atoms with Crippen LogP contribution in [0.3, 0.4) is 0 Å². The number of hydrogen-bond acceptors (Lipinski definition) is 4. The summed E-state index contributed by atoms with van der Waals surface area (Å²) in [5, 5.41) is 3.15. The Balaban J connectivity index is 1.24. The van der Waals surface area contributed by atoms with Gasteiger partial charge in [0.2, 0.25) is 0 Å². The van der Waals surface area contributed by atoms with Crippen molar-refractivity contribution in [1.82, 2.24) is 15.2 Å². The molecule has 1 aromatic carbocycles. The van der Waals surface area contributed by atoms with E-state index in [1.807, 2.05) is 6.07 Å². The predicted octanol–water partition coefficient (Wildman–Crippen LogP) is 3.08. The summed E-state index contributed by atoms with van der Waals surface area (Å²) in [6, 6.07) is 12.9. The molecule has 3 heterocycles. The second kappa shape index (κ2) is 8.53. The standard InChI is InChI=1S/C22H28N4O/c27-22(19-4-3-11-23-16-19)24-20-9-14-25(15-10-20)17-18-5-7-21(8-6-18)26-12-1-2-13-26/h3-8,11,16,20H,1-2,9-10,12-15,17H2,(H,24,27). The van der Waals surface area contributed by atoms with Gasteiger partial charge >= 0.3 is 0 Å². The molecule has 0 aliphatic carbocycles. The molecule has 2 aromatic rings. The van der Waals surface area contributed by atoms with E-state index in [1.165, 1.54) is 37.2 Å². The number of likely N-dealkylation sites (tertiary alicyclic amines) is 1. The van der Waals surface area contributed by atoms with Gasteiger partial charge in [0.1, 0.15) is 0 Å². The first-order valence-corrected chi connectivity index (χ1v) is 10.0. The predicted molar refractivity (Wildman–Crippen MR) is 108 cm³/mol. The molecule has 142 valence electrons. The molecule has 2 fully saturated rings. The number of carbonyl (C=O) groups excluding carboxylic acids is 1. The van der Waals surface area contributed by atoms with E-state index in [2.05, 4.69) is 44.4 Å². The van der Waals surface area contributed by atoms with Crippen molar-refractivity contribution in [2.24, 2.45) is 0 Å². The zero-order chi connectivity index (χ0) is 18.5. The van der Waals surface area contributed by atoms with Gasteiger partial charge in [0, 0.05) is 56.8 Å². The zero-order valence-electron chi connectivity index (χ0n) is 15.8. The topological polar surface area (TPSA) is 48.5 Å². The molecule has 1 N–H and O–H groups in total. The molecular formula is C22H28N4O. The number of hydrogen-bond donors (Lipinski definition) is 1. The molecule has 5 heteroatoms. The van der Waals surface area contributed by atoms with E-state index >= 15 is 0 Å². The molecule has 5 nitrogen and oxygen atoms in total. The fourth-order valence-electron chi connectivity index (χ4n) is 4.05. The number of anilines is 1. The van der Waals surface area contributed by atoms with Crippen LogP contribution in [-0.4, -0.2) is 48.0 Å². The third kappa shape index (κ3) is 4.66. The van der Waals surface area contributed by atoms with Crippen molar-refractivity contribution < 1.29 is 4.79 Å². The zero-order valence-corrected chi connectivity index (χ0v) is 15.8. The Hall–Kier alpha value is -2.40. The van der Waals surface area contributed by atoms with Gasteiger partial charge in [-0.3, -0.25) is 14.7 Å². The minimum absolute atomic E-state index is 0.0148. The largest absolute Gasteiger partial charge is 0.372 e. The number of benzene rings is 1. The van der Waals surface area contributed by atoms with Crippen LogP contribution in [0.25, 0.3) is 0 Å². The SMILES string of the molecule is O=C(NC1CCN(Cc2ccc(N3CCCC3)cc2)CC1)c1cccnc1. The van der Waals surface area contributed by atoms with Gasteiger partial charge in [0.15, 0.2) is 0 Å². The van der Waals surface area contributed by atoms with Gasteiger partial charge in [0.25, 0.3) is 5.91 Å². The van der Waals surface area contributed by atoms with E-state index in [9.17, 15) is 4.79 Å². The smallest absolute Gasteiger partial charge is 0.253 e. The Bertz CT molecular complexity index is 733. The highest BCUT2D eigenvalue weighted by molar-refractivity contribution is 5.94. The van der Waals surface area contributed by atoms with Crippen LogP contribution < -0.4 is 10.2 Å². The number of amides is 1. The second-order valence-electron chi connectivity index (χ2n) is 7.63. The van der Waals surface area contributed by atoms with Crippen LogP contribution in [0.2, 0.25) is 0 Å². The minimum atomic E-state index is -0.0148. The average molecular weight is 364 g/mol. The fourth-order valence-corrected chi connectivity index (χ4v) is 4.05. The van der Waals surface area contributed by atoms with Gasteiger partial charge < -0.3 is 10.2 Å². The van der Waals surface area contributed by atoms with Crippen LogP contribution in [0, 0.1) is 0 Å². The van der Waals surface area contributed by atoms with Crippen LogP contribution in [0.5, 0.6) is 0 Å². The first-order valence-electron chi connectivity index (χ1n) is 10.0. The minimum Gasteiger partial charge on any atom is -0.372 e. The van der Waals surface area contributed by atoms with Gasteiger partial charge in [-0.1, -0.05) is 12.1 Å². The lowest BCUT2D eigenvalue weighted by molar-refractivity contribution is 0.0908. The van der Waals surface area contributed by atoms with Crippen LogP contribution in [0.1, 0.15) is 41.6 Å². The van der Waals surface area contributed by atoms with Gasteiger partial charge in [-0.15, -0.1) is 0 Å². The summed E-state index contributed by atoms with van der Waals surface area (Å²) < 4.78 is 0. The van der Waals surface area contributed by atoms with Crippen LogP contribution in [-0.2, 0) is 6.54 Å². The van der Waals surface area contributed by atoms with E-state index in [4.69, 9.17) is 0 Å². The van der Waals surface area contributed by atoms with Crippen molar-refractivity contribution >= 4 is 11.6 Å². The fraction of sp³-hybridized carbons (Fsp3) is 0.455. The van der Waals surface area contributed by atoms with Crippen LogP contribution in [0.15, 0.2) is 48.8 Å². The van der Waals surface area contributed by atoms with E-state index < -0.39 is 0 Å². The number of nitrogens with one attached hydrogen (secondary N) is 1. The molecule has 4 rings (SSSR count). The molecule has 27 heavy (non-hydrogen) atoms. The highest BCUT2D eigenvalue weighted by Crippen LogP contribution is 2.21. The summed E-state index contributed by atoms with van der Waals surface area (Å²) in [4.78, 5) is 21.2. The summed E-state index contributed by atoms with van der Waals surface area (Å²) in [5.41, 5.74) is 3.36. The molecule has 2 aliphatic rings. The van der Waals surface area contributed by atoms with Crippen molar-refractivity contribution in [3.63, 3.8) is 0 Å². The summed E-state index contributed by atoms with van der Waals surface area (Å²) >= 11 is 0. The van der Waals surface area contributed by atoms with Crippen molar-refractivity contribution in [3.05, 3.63) is 59.9 Å². The number of nitrogens with zero attached hydrogens (tertiary/aromatic N) is 3. The molecule has 0 unspecified atom stereocenters.